The van der Waals surface area contributed by atoms with E-state index < -0.39 is 0 Å². The maximum Gasteiger partial charge on any atom is 0.142 e. The van der Waals surface area contributed by atoms with E-state index >= 15 is 0 Å². The van der Waals surface area contributed by atoms with Gasteiger partial charge in [-0.05, 0) is 49.9 Å². The number of hydrogen-bond donors (Lipinski definition) is 1. The van der Waals surface area contributed by atoms with Gasteiger partial charge in [0, 0.05) is 4.88 Å². The second-order valence-electron chi connectivity index (χ2n) is 4.26. The molecule has 96 valence electrons. The first-order chi connectivity index (χ1) is 8.72. The lowest BCUT2D eigenvalue weighted by atomic mass is 10.2. The lowest BCUT2D eigenvalue weighted by Gasteiger charge is -2.17. The van der Waals surface area contributed by atoms with Crippen molar-refractivity contribution in [1.82, 2.24) is 0 Å². The zero-order valence-corrected chi connectivity index (χ0v) is 11.9. The van der Waals surface area contributed by atoms with Crippen LogP contribution in [0.2, 0.25) is 0 Å². The molecule has 0 bridgehead atoms. The van der Waals surface area contributed by atoms with E-state index in [1.54, 1.807) is 11.3 Å². The van der Waals surface area contributed by atoms with Gasteiger partial charge in [0.15, 0.2) is 0 Å². The van der Waals surface area contributed by atoms with Gasteiger partial charge in [-0.25, -0.2) is 0 Å². The zero-order chi connectivity index (χ0) is 13.0. The number of anilines is 1. The van der Waals surface area contributed by atoms with Crippen molar-refractivity contribution < 1.29 is 4.74 Å². The molecule has 0 aliphatic rings. The van der Waals surface area contributed by atoms with Crippen LogP contribution in [0.5, 0.6) is 5.75 Å². The van der Waals surface area contributed by atoms with Gasteiger partial charge in [-0.3, -0.25) is 0 Å². The third kappa shape index (κ3) is 2.85. The van der Waals surface area contributed by atoms with Crippen LogP contribution in [0.25, 0.3) is 0 Å². The third-order valence-corrected chi connectivity index (χ3v) is 4.06. The predicted octanol–water partition coefficient (Wildman–Crippen LogP) is 4.63. The summed E-state index contributed by atoms with van der Waals surface area (Å²) in [5, 5.41) is 5.66. The van der Waals surface area contributed by atoms with E-state index in [1.807, 2.05) is 25.1 Å². The van der Waals surface area contributed by atoms with Crippen molar-refractivity contribution in [3.63, 3.8) is 0 Å². The number of aryl methyl sites for hydroxylation is 1. The Morgan fingerprint density at radius 2 is 2.06 bits per heavy atom. The SMILES string of the molecule is CCOc1ccccc1NC(C)c1sccc1C. The van der Waals surface area contributed by atoms with Gasteiger partial charge in [0.1, 0.15) is 5.75 Å². The van der Waals surface area contributed by atoms with Gasteiger partial charge in [-0.15, -0.1) is 11.3 Å². The monoisotopic (exact) mass is 261 g/mol. The Bertz CT molecular complexity index is 507. The Hall–Kier alpha value is -1.48. The van der Waals surface area contributed by atoms with Gasteiger partial charge in [-0.2, -0.15) is 0 Å². The average Bonchev–Trinajstić information content (AvgIpc) is 2.78. The molecule has 0 fully saturated rings. The molecule has 0 radical (unpaired) electrons. The van der Waals surface area contributed by atoms with Gasteiger partial charge >= 0.3 is 0 Å². The standard InChI is InChI=1S/C15H19NOS/c1-4-17-14-8-6-5-7-13(14)16-12(3)15-11(2)9-10-18-15/h5-10,12,16H,4H2,1-3H3. The summed E-state index contributed by atoms with van der Waals surface area (Å²) in [7, 11) is 0. The normalized spacial score (nSPS) is 12.2. The molecule has 0 amide bonds. The number of nitrogens with one attached hydrogen (secondary N) is 1. The van der Waals surface area contributed by atoms with E-state index in [2.05, 4.69) is 36.7 Å². The minimum absolute atomic E-state index is 0.298. The molecule has 0 saturated carbocycles. The summed E-state index contributed by atoms with van der Waals surface area (Å²) < 4.78 is 5.63. The summed E-state index contributed by atoms with van der Waals surface area (Å²) in [5.74, 6) is 0.918. The molecule has 1 heterocycles. The van der Waals surface area contributed by atoms with Crippen molar-refractivity contribution in [2.75, 3.05) is 11.9 Å². The number of benzene rings is 1. The first-order valence-corrected chi connectivity index (χ1v) is 7.12. The molecule has 2 rings (SSSR count). The van der Waals surface area contributed by atoms with Crippen molar-refractivity contribution in [3.05, 3.63) is 46.2 Å². The molecule has 1 unspecified atom stereocenters. The molecule has 1 aromatic carbocycles. The van der Waals surface area contributed by atoms with Crippen molar-refractivity contribution >= 4 is 17.0 Å². The molecule has 1 N–H and O–H groups in total. The Balaban J connectivity index is 2.16. The van der Waals surface area contributed by atoms with E-state index in [4.69, 9.17) is 4.74 Å². The lowest BCUT2D eigenvalue weighted by Crippen LogP contribution is -2.07. The maximum atomic E-state index is 5.63. The molecule has 1 atom stereocenters. The Labute approximate surface area is 113 Å². The van der Waals surface area contributed by atoms with Crippen molar-refractivity contribution in [2.24, 2.45) is 0 Å². The van der Waals surface area contributed by atoms with Crippen molar-refractivity contribution in [1.29, 1.82) is 0 Å². The molecular formula is C15H19NOS. The summed E-state index contributed by atoms with van der Waals surface area (Å²) in [6, 6.07) is 10.5. The van der Waals surface area contributed by atoms with Gasteiger partial charge in [0.05, 0.1) is 18.3 Å². The number of para-hydroxylation sites is 2. The molecule has 0 spiro atoms. The number of thiophene rings is 1. The third-order valence-electron chi connectivity index (χ3n) is 2.85. The van der Waals surface area contributed by atoms with E-state index in [0.29, 0.717) is 12.6 Å². The van der Waals surface area contributed by atoms with Gasteiger partial charge < -0.3 is 10.1 Å². The Morgan fingerprint density at radius 1 is 1.28 bits per heavy atom. The second kappa shape index (κ2) is 5.91. The van der Waals surface area contributed by atoms with Crippen molar-refractivity contribution in [3.8, 4) is 5.75 Å². The molecular weight excluding hydrogens is 242 g/mol. The molecule has 0 aliphatic heterocycles. The van der Waals surface area contributed by atoms with E-state index in [9.17, 15) is 0 Å². The minimum Gasteiger partial charge on any atom is -0.492 e. The van der Waals surface area contributed by atoms with Gasteiger partial charge in [0.2, 0.25) is 0 Å². The molecule has 18 heavy (non-hydrogen) atoms. The Morgan fingerprint density at radius 3 is 2.72 bits per heavy atom. The summed E-state index contributed by atoms with van der Waals surface area (Å²) in [4.78, 5) is 1.38. The number of rotatable bonds is 5. The highest BCUT2D eigenvalue weighted by Gasteiger charge is 2.11. The summed E-state index contributed by atoms with van der Waals surface area (Å²) in [6.07, 6.45) is 0. The molecule has 2 nitrogen and oxygen atoms in total. The van der Waals surface area contributed by atoms with Crippen LogP contribution in [-0.4, -0.2) is 6.61 Å². The molecule has 2 aromatic rings. The molecule has 3 heteroatoms. The number of ether oxygens (including phenoxy) is 1. The van der Waals surface area contributed by atoms with Gasteiger partial charge in [0.25, 0.3) is 0 Å². The topological polar surface area (TPSA) is 21.3 Å². The average molecular weight is 261 g/mol. The highest BCUT2D eigenvalue weighted by atomic mass is 32.1. The van der Waals surface area contributed by atoms with Crippen LogP contribution in [0.15, 0.2) is 35.7 Å². The van der Waals surface area contributed by atoms with Crippen LogP contribution >= 0.6 is 11.3 Å². The fourth-order valence-corrected chi connectivity index (χ4v) is 2.93. The fourth-order valence-electron chi connectivity index (χ4n) is 1.99. The largest absolute Gasteiger partial charge is 0.492 e. The van der Waals surface area contributed by atoms with Crippen LogP contribution in [0, 0.1) is 6.92 Å². The van der Waals surface area contributed by atoms with Crippen LogP contribution < -0.4 is 10.1 Å². The number of hydrogen-bond acceptors (Lipinski definition) is 3. The Kier molecular flexibility index (Phi) is 4.26. The summed E-state index contributed by atoms with van der Waals surface area (Å²) in [6.45, 7) is 7.02. The summed E-state index contributed by atoms with van der Waals surface area (Å²) >= 11 is 1.79. The van der Waals surface area contributed by atoms with E-state index in [0.717, 1.165) is 11.4 Å². The summed E-state index contributed by atoms with van der Waals surface area (Å²) in [5.41, 5.74) is 2.40. The second-order valence-corrected chi connectivity index (χ2v) is 5.21. The quantitative estimate of drug-likeness (QED) is 0.847. The first kappa shape index (κ1) is 13.0. The zero-order valence-electron chi connectivity index (χ0n) is 11.1. The molecule has 1 aromatic heterocycles. The lowest BCUT2D eigenvalue weighted by molar-refractivity contribution is 0.341. The highest BCUT2D eigenvalue weighted by molar-refractivity contribution is 7.10. The van der Waals surface area contributed by atoms with Crippen LogP contribution in [-0.2, 0) is 0 Å². The van der Waals surface area contributed by atoms with Crippen LogP contribution in [0.4, 0.5) is 5.69 Å². The predicted molar refractivity (Wildman–Crippen MR) is 78.7 cm³/mol. The van der Waals surface area contributed by atoms with Gasteiger partial charge in [-0.1, -0.05) is 12.1 Å². The van der Waals surface area contributed by atoms with Crippen LogP contribution in [0.3, 0.4) is 0 Å². The van der Waals surface area contributed by atoms with E-state index in [-0.39, 0.29) is 0 Å². The van der Waals surface area contributed by atoms with Crippen LogP contribution in [0.1, 0.15) is 30.3 Å². The maximum absolute atomic E-state index is 5.63. The first-order valence-electron chi connectivity index (χ1n) is 6.24. The van der Waals surface area contributed by atoms with E-state index in [1.165, 1.54) is 10.4 Å². The molecule has 0 aliphatic carbocycles. The minimum atomic E-state index is 0.298. The fraction of sp³-hybridized carbons (Fsp3) is 0.333. The van der Waals surface area contributed by atoms with Crippen molar-refractivity contribution in [2.45, 2.75) is 26.8 Å². The smallest absolute Gasteiger partial charge is 0.142 e. The highest BCUT2D eigenvalue weighted by Crippen LogP contribution is 2.31. The molecule has 0 saturated heterocycles.